The molecular weight excluding hydrogens is 240 g/mol. The molecule has 1 unspecified atom stereocenters. The molecule has 0 aromatic carbocycles. The van der Waals surface area contributed by atoms with E-state index in [1.807, 2.05) is 6.92 Å². The van der Waals surface area contributed by atoms with Crippen molar-refractivity contribution in [2.24, 2.45) is 10.9 Å². The second-order valence-electron chi connectivity index (χ2n) is 3.95. The molecule has 0 saturated carbocycles. The van der Waals surface area contributed by atoms with Crippen LogP contribution in [0.1, 0.15) is 6.92 Å². The Labute approximate surface area is 104 Å². The van der Waals surface area contributed by atoms with Crippen LogP contribution in [0.5, 0.6) is 0 Å². The molecule has 2 rings (SSSR count). The van der Waals surface area contributed by atoms with Crippen molar-refractivity contribution in [1.82, 2.24) is 15.1 Å². The molecule has 0 amide bonds. The van der Waals surface area contributed by atoms with Crippen LogP contribution >= 0.6 is 11.3 Å². The van der Waals surface area contributed by atoms with Crippen LogP contribution < -0.4 is 10.6 Å². The van der Waals surface area contributed by atoms with E-state index in [0.29, 0.717) is 0 Å². The minimum atomic E-state index is -0.0310. The number of hydrogen-bond donors (Lipinski definition) is 2. The molecule has 8 heteroatoms. The summed E-state index contributed by atoms with van der Waals surface area (Å²) < 4.78 is 0. The highest BCUT2D eigenvalue weighted by atomic mass is 32.1. The Kier molecular flexibility index (Phi) is 3.75. The van der Waals surface area contributed by atoms with Crippen molar-refractivity contribution in [1.29, 1.82) is 0 Å². The van der Waals surface area contributed by atoms with Gasteiger partial charge >= 0.3 is 0 Å². The van der Waals surface area contributed by atoms with E-state index in [1.165, 1.54) is 0 Å². The average molecular weight is 256 g/mol. The first-order valence-corrected chi connectivity index (χ1v) is 6.33. The summed E-state index contributed by atoms with van der Waals surface area (Å²) in [4.78, 5) is 4.39. The van der Waals surface area contributed by atoms with Crippen LogP contribution in [0.4, 0.5) is 5.13 Å². The maximum atomic E-state index is 8.65. The Morgan fingerprint density at radius 2 is 2.24 bits per heavy atom. The normalized spacial score (nSPS) is 20.5. The summed E-state index contributed by atoms with van der Waals surface area (Å²) in [6, 6.07) is -0.0310. The molecule has 1 aliphatic rings. The molecule has 3 N–H and O–H groups in total. The Hall–Kier alpha value is -1.41. The largest absolute Gasteiger partial charge is 0.409 e. The summed E-state index contributed by atoms with van der Waals surface area (Å²) in [5, 5.41) is 20.5. The molecule has 1 atom stereocenters. The van der Waals surface area contributed by atoms with Gasteiger partial charge in [-0.3, -0.25) is 4.90 Å². The average Bonchev–Trinajstić information content (AvgIpc) is 2.91. The van der Waals surface area contributed by atoms with Crippen LogP contribution in [-0.2, 0) is 0 Å². The van der Waals surface area contributed by atoms with Crippen molar-refractivity contribution in [2.45, 2.75) is 13.0 Å². The lowest BCUT2D eigenvalue weighted by Crippen LogP contribution is -2.53. The zero-order valence-electron chi connectivity index (χ0n) is 9.65. The van der Waals surface area contributed by atoms with E-state index in [9.17, 15) is 0 Å². The van der Waals surface area contributed by atoms with Gasteiger partial charge in [-0.05, 0) is 6.92 Å². The number of rotatable bonds is 3. The molecule has 17 heavy (non-hydrogen) atoms. The van der Waals surface area contributed by atoms with E-state index in [-0.39, 0.29) is 11.9 Å². The van der Waals surface area contributed by atoms with E-state index in [1.54, 1.807) is 16.8 Å². The van der Waals surface area contributed by atoms with Gasteiger partial charge in [-0.2, -0.15) is 0 Å². The fourth-order valence-electron chi connectivity index (χ4n) is 1.88. The number of anilines is 1. The lowest BCUT2D eigenvalue weighted by atomic mass is 10.2. The van der Waals surface area contributed by atoms with Crippen LogP contribution in [-0.4, -0.2) is 58.4 Å². The topological polar surface area (TPSA) is 90.9 Å². The summed E-state index contributed by atoms with van der Waals surface area (Å²) in [6.45, 7) is 5.46. The van der Waals surface area contributed by atoms with Gasteiger partial charge < -0.3 is 15.8 Å². The predicted molar refractivity (Wildman–Crippen MR) is 66.6 cm³/mol. The Bertz CT molecular complexity index is 373. The molecule has 0 bridgehead atoms. The molecule has 1 aliphatic heterocycles. The Morgan fingerprint density at radius 1 is 1.53 bits per heavy atom. The molecule has 7 nitrogen and oxygen atoms in total. The Balaban J connectivity index is 1.90. The SMILES string of the molecule is CC(C(N)=NO)N1CCN(c2nncs2)CC1. The van der Waals surface area contributed by atoms with Crippen molar-refractivity contribution >= 4 is 22.3 Å². The van der Waals surface area contributed by atoms with Gasteiger partial charge in [-0.15, -0.1) is 10.2 Å². The zero-order valence-corrected chi connectivity index (χ0v) is 10.5. The molecule has 1 saturated heterocycles. The minimum absolute atomic E-state index is 0.0310. The summed E-state index contributed by atoms with van der Waals surface area (Å²) in [6.07, 6.45) is 0. The van der Waals surface area contributed by atoms with E-state index < -0.39 is 0 Å². The van der Waals surface area contributed by atoms with Crippen LogP contribution in [0.3, 0.4) is 0 Å². The predicted octanol–water partition coefficient (Wildman–Crippen LogP) is -0.205. The lowest BCUT2D eigenvalue weighted by molar-refractivity contribution is 0.230. The molecule has 0 spiro atoms. The Morgan fingerprint density at radius 3 is 2.76 bits per heavy atom. The van der Waals surface area contributed by atoms with Crippen molar-refractivity contribution in [3.05, 3.63) is 5.51 Å². The quantitative estimate of drug-likeness (QED) is 0.337. The second kappa shape index (κ2) is 5.28. The van der Waals surface area contributed by atoms with E-state index in [2.05, 4.69) is 25.2 Å². The fourth-order valence-corrected chi connectivity index (χ4v) is 2.49. The molecule has 1 fully saturated rings. The lowest BCUT2D eigenvalue weighted by Gasteiger charge is -2.37. The van der Waals surface area contributed by atoms with Gasteiger partial charge in [0, 0.05) is 26.2 Å². The number of aromatic nitrogens is 2. The van der Waals surface area contributed by atoms with Crippen molar-refractivity contribution in [3.63, 3.8) is 0 Å². The highest BCUT2D eigenvalue weighted by molar-refractivity contribution is 7.13. The van der Waals surface area contributed by atoms with Gasteiger partial charge in [0.25, 0.3) is 0 Å². The number of oxime groups is 1. The molecule has 1 aromatic rings. The van der Waals surface area contributed by atoms with Gasteiger partial charge in [0.1, 0.15) is 5.51 Å². The third-order valence-corrected chi connectivity index (χ3v) is 3.77. The standard InChI is InChI=1S/C9H16N6OS/c1-7(8(10)13-16)14-2-4-15(5-3-14)9-12-11-6-17-9/h6-7,16H,2-5H2,1H3,(H2,10,13). The maximum Gasteiger partial charge on any atom is 0.208 e. The summed E-state index contributed by atoms with van der Waals surface area (Å²) in [5.74, 6) is 0.259. The first-order valence-electron chi connectivity index (χ1n) is 5.45. The van der Waals surface area contributed by atoms with Crippen molar-refractivity contribution < 1.29 is 5.21 Å². The summed E-state index contributed by atoms with van der Waals surface area (Å²) >= 11 is 1.55. The zero-order chi connectivity index (χ0) is 12.3. The van der Waals surface area contributed by atoms with Crippen LogP contribution in [0.2, 0.25) is 0 Å². The van der Waals surface area contributed by atoms with Gasteiger partial charge in [0.05, 0.1) is 6.04 Å². The molecule has 2 heterocycles. The van der Waals surface area contributed by atoms with Crippen molar-refractivity contribution in [2.75, 3.05) is 31.1 Å². The van der Waals surface area contributed by atoms with Crippen LogP contribution in [0.25, 0.3) is 0 Å². The van der Waals surface area contributed by atoms with Gasteiger partial charge in [0.15, 0.2) is 5.84 Å². The number of piperazine rings is 1. The first kappa shape index (κ1) is 12.1. The molecule has 94 valence electrons. The van der Waals surface area contributed by atoms with Gasteiger partial charge in [-0.25, -0.2) is 0 Å². The molecular formula is C9H16N6OS. The smallest absolute Gasteiger partial charge is 0.208 e. The van der Waals surface area contributed by atoms with Crippen molar-refractivity contribution in [3.8, 4) is 0 Å². The molecule has 0 aliphatic carbocycles. The van der Waals surface area contributed by atoms with Gasteiger partial charge in [-0.1, -0.05) is 16.5 Å². The third kappa shape index (κ3) is 2.64. The minimum Gasteiger partial charge on any atom is -0.409 e. The number of hydrogen-bond acceptors (Lipinski definition) is 7. The highest BCUT2D eigenvalue weighted by Crippen LogP contribution is 2.18. The van der Waals surface area contributed by atoms with E-state index >= 15 is 0 Å². The molecule has 1 aromatic heterocycles. The van der Waals surface area contributed by atoms with Gasteiger partial charge in [0.2, 0.25) is 5.13 Å². The molecule has 0 radical (unpaired) electrons. The van der Waals surface area contributed by atoms with Crippen LogP contribution in [0, 0.1) is 0 Å². The van der Waals surface area contributed by atoms with Crippen LogP contribution in [0.15, 0.2) is 10.7 Å². The monoisotopic (exact) mass is 256 g/mol. The second-order valence-corrected chi connectivity index (χ2v) is 4.76. The summed E-state index contributed by atoms with van der Waals surface area (Å²) in [5.41, 5.74) is 7.34. The van der Waals surface area contributed by atoms with E-state index in [0.717, 1.165) is 31.3 Å². The number of nitrogens with two attached hydrogens (primary N) is 1. The maximum absolute atomic E-state index is 8.65. The first-order chi connectivity index (χ1) is 8.22. The van der Waals surface area contributed by atoms with E-state index in [4.69, 9.17) is 10.9 Å². The fraction of sp³-hybridized carbons (Fsp3) is 0.667. The number of nitrogens with zero attached hydrogens (tertiary/aromatic N) is 5. The number of amidine groups is 1. The third-order valence-electron chi connectivity index (χ3n) is 3.02. The summed E-state index contributed by atoms with van der Waals surface area (Å²) in [7, 11) is 0. The highest BCUT2D eigenvalue weighted by Gasteiger charge is 2.24.